The summed E-state index contributed by atoms with van der Waals surface area (Å²) < 4.78 is 35.9. The molecule has 2 N–H and O–H groups in total. The number of nitrogens with zero attached hydrogens (tertiary/aromatic N) is 5. The molecule has 1 aliphatic heterocycles. The number of sulfonamides is 1. The SMILES string of the molecule is CC(=O)Nc1ccc(C(=O)N2CC(Oc3cc(-c4c(C)cccc4C)nc(NS(=O)(=O)c4cnn(C)c4)n3)C2)cc1. The van der Waals surface area contributed by atoms with Crippen molar-refractivity contribution >= 4 is 33.5 Å². The van der Waals surface area contributed by atoms with E-state index in [1.165, 1.54) is 24.0 Å². The molecule has 0 atom stereocenters. The van der Waals surface area contributed by atoms with Gasteiger partial charge in [0.25, 0.3) is 15.9 Å². The largest absolute Gasteiger partial charge is 0.470 e. The van der Waals surface area contributed by atoms with Gasteiger partial charge in [-0.05, 0) is 49.2 Å². The van der Waals surface area contributed by atoms with Crippen LogP contribution in [0.1, 0.15) is 28.4 Å². The second kappa shape index (κ2) is 11.0. The lowest BCUT2D eigenvalue weighted by Gasteiger charge is -2.38. The molecular formula is C28H29N7O5S. The Hall–Kier alpha value is -4.78. The van der Waals surface area contributed by atoms with E-state index >= 15 is 0 Å². The third-order valence-corrected chi connectivity index (χ3v) is 7.81. The minimum Gasteiger partial charge on any atom is -0.470 e. The molecule has 2 aromatic carbocycles. The van der Waals surface area contributed by atoms with Gasteiger partial charge in [-0.2, -0.15) is 10.1 Å². The highest BCUT2D eigenvalue weighted by molar-refractivity contribution is 7.92. The Labute approximate surface area is 237 Å². The van der Waals surface area contributed by atoms with Gasteiger partial charge < -0.3 is 15.0 Å². The van der Waals surface area contributed by atoms with Gasteiger partial charge in [0.05, 0.1) is 25.0 Å². The molecule has 1 fully saturated rings. The minimum atomic E-state index is -4.00. The van der Waals surface area contributed by atoms with E-state index in [0.29, 0.717) is 30.0 Å². The number of likely N-dealkylation sites (tertiary alicyclic amines) is 1. The van der Waals surface area contributed by atoms with Crippen LogP contribution >= 0.6 is 0 Å². The predicted molar refractivity (Wildman–Crippen MR) is 152 cm³/mol. The van der Waals surface area contributed by atoms with Crippen molar-refractivity contribution in [3.05, 3.63) is 77.6 Å². The summed E-state index contributed by atoms with van der Waals surface area (Å²) in [6.45, 7) is 5.96. The van der Waals surface area contributed by atoms with Crippen molar-refractivity contribution in [1.82, 2.24) is 24.6 Å². The normalized spacial score (nSPS) is 13.4. The lowest BCUT2D eigenvalue weighted by atomic mass is 10.00. The van der Waals surface area contributed by atoms with Gasteiger partial charge in [-0.3, -0.25) is 14.3 Å². The Morgan fingerprint density at radius 3 is 2.32 bits per heavy atom. The van der Waals surface area contributed by atoms with Crippen LogP contribution in [0, 0.1) is 13.8 Å². The van der Waals surface area contributed by atoms with Crippen molar-refractivity contribution in [2.24, 2.45) is 7.05 Å². The molecular weight excluding hydrogens is 546 g/mol. The van der Waals surface area contributed by atoms with Crippen molar-refractivity contribution in [1.29, 1.82) is 0 Å². The van der Waals surface area contributed by atoms with E-state index in [1.807, 2.05) is 32.0 Å². The molecule has 1 aliphatic rings. The lowest BCUT2D eigenvalue weighted by Crippen LogP contribution is -2.56. The molecule has 13 heteroatoms. The number of hydrogen-bond donors (Lipinski definition) is 2. The van der Waals surface area contributed by atoms with E-state index in [0.717, 1.165) is 16.7 Å². The Balaban J connectivity index is 1.35. The zero-order chi connectivity index (χ0) is 29.3. The first-order chi connectivity index (χ1) is 19.5. The molecule has 0 saturated carbocycles. The van der Waals surface area contributed by atoms with Crippen molar-refractivity contribution in [2.45, 2.75) is 31.8 Å². The van der Waals surface area contributed by atoms with Crippen LogP contribution in [0.25, 0.3) is 11.3 Å². The maximum absolute atomic E-state index is 13.0. The average Bonchev–Trinajstić information content (AvgIpc) is 3.33. The summed E-state index contributed by atoms with van der Waals surface area (Å²) in [6.07, 6.45) is 2.27. The van der Waals surface area contributed by atoms with E-state index in [9.17, 15) is 18.0 Å². The quantitative estimate of drug-likeness (QED) is 0.326. The van der Waals surface area contributed by atoms with Gasteiger partial charge in [0, 0.05) is 43.0 Å². The number of benzene rings is 2. The molecule has 4 aromatic rings. The molecule has 0 bridgehead atoms. The first-order valence-electron chi connectivity index (χ1n) is 12.8. The highest BCUT2D eigenvalue weighted by Crippen LogP contribution is 2.30. The summed E-state index contributed by atoms with van der Waals surface area (Å²) in [7, 11) is -2.38. The van der Waals surface area contributed by atoms with Gasteiger partial charge in [-0.1, -0.05) is 18.2 Å². The Morgan fingerprint density at radius 1 is 1.02 bits per heavy atom. The van der Waals surface area contributed by atoms with Gasteiger partial charge in [0.15, 0.2) is 0 Å². The molecule has 1 saturated heterocycles. The molecule has 0 spiro atoms. The summed E-state index contributed by atoms with van der Waals surface area (Å²) in [4.78, 5) is 34.6. The van der Waals surface area contributed by atoms with Gasteiger partial charge in [-0.25, -0.2) is 18.1 Å². The number of carbonyl (C=O) groups excluding carboxylic acids is 2. The number of rotatable bonds is 8. The number of carbonyl (C=O) groups is 2. The van der Waals surface area contributed by atoms with E-state index < -0.39 is 10.0 Å². The van der Waals surface area contributed by atoms with Crippen LogP contribution in [0.3, 0.4) is 0 Å². The molecule has 2 amide bonds. The molecule has 5 rings (SSSR count). The highest BCUT2D eigenvalue weighted by Gasteiger charge is 2.33. The van der Waals surface area contributed by atoms with Crippen LogP contribution in [0.15, 0.2) is 65.8 Å². The highest BCUT2D eigenvalue weighted by atomic mass is 32.2. The number of nitrogens with one attached hydrogen (secondary N) is 2. The summed E-state index contributed by atoms with van der Waals surface area (Å²) in [5.74, 6) is -0.317. The average molecular weight is 576 g/mol. The van der Waals surface area contributed by atoms with Gasteiger partial charge in [-0.15, -0.1) is 0 Å². The van der Waals surface area contributed by atoms with E-state index in [4.69, 9.17) is 4.74 Å². The Morgan fingerprint density at radius 2 is 1.71 bits per heavy atom. The van der Waals surface area contributed by atoms with E-state index in [-0.39, 0.29) is 34.6 Å². The standard InChI is InChI=1S/C28H29N7O5S/c1-17-6-5-7-18(2)26(17)24-12-25(32-28(31-24)33-41(38,39)23-13-29-34(4)16-23)40-22-14-35(15-22)27(37)20-8-10-21(11-9-20)30-19(3)36/h5-13,16,22H,14-15H2,1-4H3,(H,30,36)(H,31,32,33). The Bertz CT molecular complexity index is 1710. The molecule has 0 unspecified atom stereocenters. The minimum absolute atomic E-state index is 0.0261. The predicted octanol–water partition coefficient (Wildman–Crippen LogP) is 3.16. The van der Waals surface area contributed by atoms with Gasteiger partial charge in [0.2, 0.25) is 17.7 Å². The molecule has 3 heterocycles. The number of anilines is 2. The second-order valence-electron chi connectivity index (χ2n) is 9.85. The van der Waals surface area contributed by atoms with Gasteiger partial charge in [0.1, 0.15) is 11.0 Å². The van der Waals surface area contributed by atoms with Crippen molar-refractivity contribution in [2.75, 3.05) is 23.1 Å². The second-order valence-corrected chi connectivity index (χ2v) is 11.5. The molecule has 41 heavy (non-hydrogen) atoms. The third-order valence-electron chi connectivity index (χ3n) is 6.53. The molecule has 2 aromatic heterocycles. The first-order valence-corrected chi connectivity index (χ1v) is 14.3. The fourth-order valence-electron chi connectivity index (χ4n) is 4.53. The van der Waals surface area contributed by atoms with Crippen LogP contribution in [0.2, 0.25) is 0 Å². The summed E-state index contributed by atoms with van der Waals surface area (Å²) in [6, 6.07) is 14.2. The van der Waals surface area contributed by atoms with Crippen LogP contribution in [-0.2, 0) is 21.9 Å². The zero-order valence-electron chi connectivity index (χ0n) is 23.0. The first kappa shape index (κ1) is 27.8. The fraction of sp³-hybridized carbons (Fsp3) is 0.250. The van der Waals surface area contributed by atoms with Gasteiger partial charge >= 0.3 is 0 Å². The third kappa shape index (κ3) is 6.19. The summed E-state index contributed by atoms with van der Waals surface area (Å²) in [5, 5.41) is 6.60. The lowest BCUT2D eigenvalue weighted by molar-refractivity contribution is -0.114. The fourth-order valence-corrected chi connectivity index (χ4v) is 5.45. The molecule has 0 aliphatic carbocycles. The van der Waals surface area contributed by atoms with Crippen LogP contribution in [0.5, 0.6) is 5.88 Å². The molecule has 12 nitrogen and oxygen atoms in total. The van der Waals surface area contributed by atoms with E-state index in [2.05, 4.69) is 25.1 Å². The molecule has 212 valence electrons. The van der Waals surface area contributed by atoms with E-state index in [1.54, 1.807) is 42.3 Å². The number of ether oxygens (including phenoxy) is 1. The zero-order valence-corrected chi connectivity index (χ0v) is 23.8. The Kier molecular flexibility index (Phi) is 7.45. The van der Waals surface area contributed by atoms with Crippen molar-refractivity contribution in [3.63, 3.8) is 0 Å². The van der Waals surface area contributed by atoms with Crippen molar-refractivity contribution in [3.8, 4) is 17.1 Å². The summed E-state index contributed by atoms with van der Waals surface area (Å²) in [5.41, 5.74) is 4.36. The summed E-state index contributed by atoms with van der Waals surface area (Å²) >= 11 is 0. The number of aromatic nitrogens is 4. The van der Waals surface area contributed by atoms with Crippen molar-refractivity contribution < 1.29 is 22.7 Å². The van der Waals surface area contributed by atoms with Crippen LogP contribution < -0.4 is 14.8 Å². The number of aryl methyl sites for hydroxylation is 3. The number of amides is 2. The molecule has 0 radical (unpaired) electrons. The topological polar surface area (TPSA) is 148 Å². The number of hydrogen-bond acceptors (Lipinski definition) is 8. The monoisotopic (exact) mass is 575 g/mol. The van der Waals surface area contributed by atoms with Crippen LogP contribution in [-0.4, -0.2) is 64.1 Å². The van der Waals surface area contributed by atoms with Crippen LogP contribution in [0.4, 0.5) is 11.6 Å². The maximum atomic E-state index is 13.0. The maximum Gasteiger partial charge on any atom is 0.267 e. The smallest absolute Gasteiger partial charge is 0.267 e.